The van der Waals surface area contributed by atoms with E-state index in [2.05, 4.69) is 5.32 Å². The van der Waals surface area contributed by atoms with Gasteiger partial charge in [0.1, 0.15) is 0 Å². The molecule has 0 fully saturated rings. The minimum absolute atomic E-state index is 0.00185. The molecule has 1 aromatic carbocycles. The van der Waals surface area contributed by atoms with E-state index in [4.69, 9.17) is 5.11 Å². The van der Waals surface area contributed by atoms with Crippen molar-refractivity contribution in [3.63, 3.8) is 0 Å². The van der Waals surface area contributed by atoms with Gasteiger partial charge in [0.15, 0.2) is 0 Å². The highest BCUT2D eigenvalue weighted by Crippen LogP contribution is 2.30. The Bertz CT molecular complexity index is 568. The summed E-state index contributed by atoms with van der Waals surface area (Å²) < 4.78 is 0. The van der Waals surface area contributed by atoms with Crippen LogP contribution in [0.5, 0.6) is 0 Å². The number of nitrogens with zero attached hydrogens (tertiary/aromatic N) is 1. The summed E-state index contributed by atoms with van der Waals surface area (Å²) >= 11 is 0. The summed E-state index contributed by atoms with van der Waals surface area (Å²) in [6.45, 7) is 2.18. The fourth-order valence-corrected chi connectivity index (χ4v) is 2.25. The second kappa shape index (κ2) is 5.73. The van der Waals surface area contributed by atoms with E-state index >= 15 is 0 Å². The zero-order valence-electron chi connectivity index (χ0n) is 11.2. The summed E-state index contributed by atoms with van der Waals surface area (Å²) in [5, 5.41) is 11.2. The number of carbonyl (C=O) groups is 3. The zero-order valence-corrected chi connectivity index (χ0v) is 11.2. The van der Waals surface area contributed by atoms with Gasteiger partial charge in [-0.15, -0.1) is 0 Å². The molecule has 106 valence electrons. The monoisotopic (exact) mass is 276 g/mol. The van der Waals surface area contributed by atoms with E-state index in [9.17, 15) is 14.4 Å². The number of benzene rings is 1. The molecule has 1 heterocycles. The highest BCUT2D eigenvalue weighted by molar-refractivity contribution is 5.96. The van der Waals surface area contributed by atoms with Crippen molar-refractivity contribution in [1.29, 1.82) is 0 Å². The first kappa shape index (κ1) is 14.0. The lowest BCUT2D eigenvalue weighted by Gasteiger charge is -2.15. The minimum Gasteiger partial charge on any atom is -0.481 e. The number of fused-ring (bicyclic) bond motifs is 1. The van der Waals surface area contributed by atoms with Gasteiger partial charge in [-0.25, -0.2) is 0 Å². The van der Waals surface area contributed by atoms with Gasteiger partial charge in [-0.2, -0.15) is 0 Å². The second-order valence-corrected chi connectivity index (χ2v) is 4.71. The van der Waals surface area contributed by atoms with Crippen molar-refractivity contribution in [3.8, 4) is 0 Å². The van der Waals surface area contributed by atoms with Crippen LogP contribution in [0.25, 0.3) is 0 Å². The summed E-state index contributed by atoms with van der Waals surface area (Å²) in [6.07, 6.45) is 0.522. The molecule has 2 rings (SSSR count). The summed E-state index contributed by atoms with van der Waals surface area (Å²) in [6, 6.07) is 5.35. The van der Waals surface area contributed by atoms with Crippen LogP contribution in [0.2, 0.25) is 0 Å². The van der Waals surface area contributed by atoms with Crippen LogP contribution in [0.1, 0.15) is 25.3 Å². The van der Waals surface area contributed by atoms with E-state index in [0.717, 1.165) is 17.7 Å². The Morgan fingerprint density at radius 3 is 2.70 bits per heavy atom. The molecule has 0 saturated heterocycles. The number of carboxylic acid groups (broad SMARTS) is 1. The summed E-state index contributed by atoms with van der Waals surface area (Å²) in [5.74, 6) is -1.32. The van der Waals surface area contributed by atoms with Crippen molar-refractivity contribution in [3.05, 3.63) is 23.8 Å². The molecule has 0 atom stereocenters. The average molecular weight is 276 g/mol. The molecule has 1 aliphatic rings. The Balaban J connectivity index is 2.04. The van der Waals surface area contributed by atoms with E-state index in [1.807, 2.05) is 6.07 Å². The zero-order chi connectivity index (χ0) is 14.7. The molecular weight excluding hydrogens is 260 g/mol. The lowest BCUT2D eigenvalue weighted by molar-refractivity contribution is -0.138. The average Bonchev–Trinajstić information content (AvgIpc) is 2.79. The highest BCUT2D eigenvalue weighted by atomic mass is 16.4. The van der Waals surface area contributed by atoms with Crippen molar-refractivity contribution in [2.24, 2.45) is 0 Å². The van der Waals surface area contributed by atoms with Gasteiger partial charge >= 0.3 is 5.97 Å². The largest absolute Gasteiger partial charge is 0.481 e. The lowest BCUT2D eigenvalue weighted by atomic mass is 10.1. The first-order valence-electron chi connectivity index (χ1n) is 6.40. The van der Waals surface area contributed by atoms with Crippen LogP contribution in [0, 0.1) is 0 Å². The summed E-state index contributed by atoms with van der Waals surface area (Å²) in [4.78, 5) is 35.1. The van der Waals surface area contributed by atoms with E-state index in [1.165, 1.54) is 6.92 Å². The molecule has 2 amide bonds. The molecule has 0 aromatic heterocycles. The van der Waals surface area contributed by atoms with Crippen molar-refractivity contribution >= 4 is 29.2 Å². The first-order chi connectivity index (χ1) is 9.47. The third kappa shape index (κ3) is 3.14. The van der Waals surface area contributed by atoms with Crippen LogP contribution in [-0.4, -0.2) is 29.4 Å². The van der Waals surface area contributed by atoms with Crippen molar-refractivity contribution in [2.45, 2.75) is 26.2 Å². The molecule has 0 unspecified atom stereocenters. The Kier molecular flexibility index (Phi) is 4.02. The molecule has 0 radical (unpaired) electrons. The molecule has 6 heteroatoms. The number of carbonyl (C=O) groups excluding carboxylic acids is 2. The van der Waals surface area contributed by atoms with E-state index in [1.54, 1.807) is 17.0 Å². The number of nitrogens with one attached hydrogen (secondary N) is 1. The van der Waals surface area contributed by atoms with E-state index in [-0.39, 0.29) is 24.7 Å². The van der Waals surface area contributed by atoms with Crippen LogP contribution in [-0.2, 0) is 20.8 Å². The summed E-state index contributed by atoms with van der Waals surface area (Å²) in [7, 11) is 0. The van der Waals surface area contributed by atoms with Crippen molar-refractivity contribution in [1.82, 2.24) is 0 Å². The van der Waals surface area contributed by atoms with Crippen LogP contribution in [0.3, 0.4) is 0 Å². The molecule has 0 bridgehead atoms. The second-order valence-electron chi connectivity index (χ2n) is 4.71. The molecule has 0 spiro atoms. The van der Waals surface area contributed by atoms with Crippen LogP contribution >= 0.6 is 0 Å². The van der Waals surface area contributed by atoms with Gasteiger partial charge in [-0.05, 0) is 30.2 Å². The van der Waals surface area contributed by atoms with Gasteiger partial charge < -0.3 is 15.3 Å². The predicted octanol–water partition coefficient (Wildman–Crippen LogP) is 1.40. The van der Waals surface area contributed by atoms with Gasteiger partial charge in [0.2, 0.25) is 11.8 Å². The van der Waals surface area contributed by atoms with Crippen molar-refractivity contribution < 1.29 is 19.5 Å². The molecule has 1 aromatic rings. The Hall–Kier alpha value is -2.37. The number of hydrogen-bond acceptors (Lipinski definition) is 3. The smallest absolute Gasteiger partial charge is 0.303 e. The number of rotatable bonds is 4. The molecule has 6 nitrogen and oxygen atoms in total. The molecule has 0 aliphatic carbocycles. The summed E-state index contributed by atoms with van der Waals surface area (Å²) in [5.41, 5.74) is 2.52. The maximum atomic E-state index is 11.6. The lowest BCUT2D eigenvalue weighted by Crippen LogP contribution is -2.25. The van der Waals surface area contributed by atoms with Crippen molar-refractivity contribution in [2.75, 3.05) is 16.8 Å². The van der Waals surface area contributed by atoms with Gasteiger partial charge in [0.05, 0.1) is 6.42 Å². The van der Waals surface area contributed by atoms with Crippen LogP contribution < -0.4 is 10.2 Å². The molecular formula is C14H16N2O4. The SMILES string of the molecule is CC(=O)N1CCc2cc(NC(=O)CCC(=O)O)ccc21. The maximum Gasteiger partial charge on any atom is 0.303 e. The van der Waals surface area contributed by atoms with Gasteiger partial charge in [-0.3, -0.25) is 14.4 Å². The van der Waals surface area contributed by atoms with Gasteiger partial charge in [0, 0.05) is 31.3 Å². The number of anilines is 2. The standard InChI is InChI=1S/C14H16N2O4/c1-9(17)16-7-6-10-8-11(2-3-12(10)16)15-13(18)4-5-14(19)20/h2-3,8H,4-7H2,1H3,(H,15,18)(H,19,20). The fourth-order valence-electron chi connectivity index (χ4n) is 2.25. The third-order valence-corrected chi connectivity index (χ3v) is 3.20. The van der Waals surface area contributed by atoms with Crippen LogP contribution in [0.4, 0.5) is 11.4 Å². The molecule has 20 heavy (non-hydrogen) atoms. The molecule has 0 saturated carbocycles. The first-order valence-corrected chi connectivity index (χ1v) is 6.40. The van der Waals surface area contributed by atoms with E-state index in [0.29, 0.717) is 12.2 Å². The van der Waals surface area contributed by atoms with Crippen LogP contribution in [0.15, 0.2) is 18.2 Å². The van der Waals surface area contributed by atoms with Gasteiger partial charge in [-0.1, -0.05) is 0 Å². The Morgan fingerprint density at radius 1 is 1.30 bits per heavy atom. The number of carboxylic acids is 1. The quantitative estimate of drug-likeness (QED) is 0.870. The number of amides is 2. The number of hydrogen-bond donors (Lipinski definition) is 2. The normalized spacial score (nSPS) is 12.9. The number of aliphatic carboxylic acids is 1. The maximum absolute atomic E-state index is 11.6. The minimum atomic E-state index is -0.994. The molecule has 1 aliphatic heterocycles. The highest BCUT2D eigenvalue weighted by Gasteiger charge is 2.22. The van der Waals surface area contributed by atoms with Gasteiger partial charge in [0.25, 0.3) is 0 Å². The Morgan fingerprint density at radius 2 is 2.05 bits per heavy atom. The predicted molar refractivity (Wildman–Crippen MR) is 73.7 cm³/mol. The van der Waals surface area contributed by atoms with E-state index < -0.39 is 5.97 Å². The fraction of sp³-hybridized carbons (Fsp3) is 0.357. The third-order valence-electron chi connectivity index (χ3n) is 3.20. The topological polar surface area (TPSA) is 86.7 Å². The Labute approximate surface area is 116 Å². The molecule has 2 N–H and O–H groups in total.